The Morgan fingerprint density at radius 3 is 1.83 bits per heavy atom. The van der Waals surface area contributed by atoms with Crippen LogP contribution in [0.1, 0.15) is 29.5 Å². The van der Waals surface area contributed by atoms with Crippen molar-refractivity contribution in [1.29, 1.82) is 0 Å². The van der Waals surface area contributed by atoms with Crippen molar-refractivity contribution in [2.45, 2.75) is 31.0 Å². The van der Waals surface area contributed by atoms with Gasteiger partial charge in [-0.05, 0) is 53.8 Å². The molecule has 0 bridgehead atoms. The van der Waals surface area contributed by atoms with Crippen LogP contribution < -0.4 is 14.8 Å². The van der Waals surface area contributed by atoms with Gasteiger partial charge in [0.25, 0.3) is 5.91 Å². The number of hydrogen-bond donors (Lipinski definition) is 1. The third kappa shape index (κ3) is 4.31. The summed E-state index contributed by atoms with van der Waals surface area (Å²) in [6.07, 6.45) is 1.49. The summed E-state index contributed by atoms with van der Waals surface area (Å²) in [5, 5.41) is 3.07. The van der Waals surface area contributed by atoms with Crippen LogP contribution in [0, 0.1) is 0 Å². The van der Waals surface area contributed by atoms with Gasteiger partial charge < -0.3 is 14.8 Å². The molecule has 7 nitrogen and oxygen atoms in total. The van der Waals surface area contributed by atoms with E-state index < -0.39 is 5.54 Å². The molecule has 2 heterocycles. The first kappa shape index (κ1) is 23.9. The van der Waals surface area contributed by atoms with E-state index in [0.717, 1.165) is 32.5 Å². The highest BCUT2D eigenvalue weighted by Crippen LogP contribution is 2.39. The van der Waals surface area contributed by atoms with Gasteiger partial charge in [-0.1, -0.05) is 54.6 Å². The highest BCUT2D eigenvalue weighted by atomic mass is 16.5. The number of imide groups is 1. The van der Waals surface area contributed by atoms with E-state index in [2.05, 4.69) is 22.3 Å². The molecule has 3 amide bonds. The highest BCUT2D eigenvalue weighted by molar-refractivity contribution is 6.10. The Morgan fingerprint density at radius 1 is 0.806 bits per heavy atom. The molecule has 3 aromatic carbocycles. The number of carbonyl (C=O) groups excluding carboxylic acids is 2. The number of rotatable bonds is 7. The zero-order chi connectivity index (χ0) is 25.1. The number of carbonyl (C=O) groups is 2. The van der Waals surface area contributed by atoms with E-state index in [1.165, 1.54) is 10.5 Å². The van der Waals surface area contributed by atoms with Gasteiger partial charge in [0.1, 0.15) is 11.5 Å². The van der Waals surface area contributed by atoms with Gasteiger partial charge in [0.15, 0.2) is 5.54 Å². The maximum Gasteiger partial charge on any atom is 0.325 e. The minimum atomic E-state index is -1.31. The summed E-state index contributed by atoms with van der Waals surface area (Å²) < 4.78 is 10.6. The van der Waals surface area contributed by atoms with E-state index in [9.17, 15) is 9.59 Å². The first-order valence-corrected chi connectivity index (χ1v) is 12.3. The molecule has 5 rings (SSSR count). The Labute approximate surface area is 211 Å². The lowest BCUT2D eigenvalue weighted by atomic mass is 9.82. The van der Waals surface area contributed by atoms with Crippen molar-refractivity contribution < 1.29 is 19.1 Å². The van der Waals surface area contributed by atoms with E-state index in [0.29, 0.717) is 22.6 Å². The standard InChI is InChI=1S/C29H31N3O4/c1-35-25-12-8-22(9-13-25)29(23-10-14-26(36-2)15-11-23)27(33)32(28(34)30-29)24-16-18-31(19-17-24)20-21-6-4-3-5-7-21/h3-15,24H,16-20H2,1-2H3,(H,30,34). The predicted octanol–water partition coefficient (Wildman–Crippen LogP) is 4.16. The molecule has 0 aromatic heterocycles. The van der Waals surface area contributed by atoms with Gasteiger partial charge in [-0.3, -0.25) is 14.6 Å². The van der Waals surface area contributed by atoms with E-state index in [1.54, 1.807) is 14.2 Å². The lowest BCUT2D eigenvalue weighted by molar-refractivity contribution is -0.132. The average Bonchev–Trinajstić information content (AvgIpc) is 3.20. The van der Waals surface area contributed by atoms with Gasteiger partial charge in [-0.25, -0.2) is 4.79 Å². The summed E-state index contributed by atoms with van der Waals surface area (Å²) in [5.74, 6) is 1.12. The number of methoxy groups -OCH3 is 2. The van der Waals surface area contributed by atoms with Crippen molar-refractivity contribution in [3.63, 3.8) is 0 Å². The first-order valence-electron chi connectivity index (χ1n) is 12.3. The second-order valence-electron chi connectivity index (χ2n) is 9.31. The molecule has 2 aliphatic heterocycles. The Kier molecular flexibility index (Phi) is 6.65. The molecule has 2 aliphatic rings. The van der Waals surface area contributed by atoms with Crippen LogP contribution in [0.15, 0.2) is 78.9 Å². The summed E-state index contributed by atoms with van der Waals surface area (Å²) in [5.41, 5.74) is 1.34. The Balaban J connectivity index is 1.41. The van der Waals surface area contributed by atoms with E-state index in [1.807, 2.05) is 66.7 Å². The lowest BCUT2D eigenvalue weighted by Gasteiger charge is -2.36. The topological polar surface area (TPSA) is 71.1 Å². The van der Waals surface area contributed by atoms with Crippen molar-refractivity contribution >= 4 is 11.9 Å². The molecular weight excluding hydrogens is 454 g/mol. The summed E-state index contributed by atoms with van der Waals surface area (Å²) >= 11 is 0. The van der Waals surface area contributed by atoms with Crippen molar-refractivity contribution in [2.24, 2.45) is 0 Å². The summed E-state index contributed by atoms with van der Waals surface area (Å²) in [6, 6.07) is 24.5. The molecule has 3 aromatic rings. The number of urea groups is 1. The second kappa shape index (κ2) is 10.0. The van der Waals surface area contributed by atoms with Crippen molar-refractivity contribution in [3.8, 4) is 11.5 Å². The van der Waals surface area contributed by atoms with Crippen molar-refractivity contribution in [2.75, 3.05) is 27.3 Å². The van der Waals surface area contributed by atoms with Crippen molar-refractivity contribution in [1.82, 2.24) is 15.1 Å². The molecule has 0 saturated carbocycles. The SMILES string of the molecule is COc1ccc(C2(c3ccc(OC)cc3)NC(=O)N(C3CCN(Cc4ccccc4)CC3)C2=O)cc1. The summed E-state index contributed by atoms with van der Waals surface area (Å²) in [7, 11) is 3.20. The van der Waals surface area contributed by atoms with Gasteiger partial charge in [0, 0.05) is 25.7 Å². The van der Waals surface area contributed by atoms with Gasteiger partial charge in [0.05, 0.1) is 14.2 Å². The largest absolute Gasteiger partial charge is 0.497 e. The Bertz CT molecular complexity index is 1160. The molecule has 0 radical (unpaired) electrons. The summed E-state index contributed by atoms with van der Waals surface area (Å²) in [6.45, 7) is 2.53. The van der Waals surface area contributed by atoms with Gasteiger partial charge in [-0.2, -0.15) is 0 Å². The third-order valence-electron chi connectivity index (χ3n) is 7.27. The molecule has 0 spiro atoms. The minimum absolute atomic E-state index is 0.150. The summed E-state index contributed by atoms with van der Waals surface area (Å²) in [4.78, 5) is 31.4. The molecule has 0 aliphatic carbocycles. The van der Waals surface area contributed by atoms with Crippen LogP contribution in [-0.2, 0) is 16.9 Å². The van der Waals surface area contributed by atoms with E-state index in [-0.39, 0.29) is 18.0 Å². The van der Waals surface area contributed by atoms with E-state index in [4.69, 9.17) is 9.47 Å². The molecule has 0 unspecified atom stereocenters. The van der Waals surface area contributed by atoms with Gasteiger partial charge in [0.2, 0.25) is 0 Å². The zero-order valence-corrected chi connectivity index (χ0v) is 20.6. The van der Waals surface area contributed by atoms with E-state index >= 15 is 0 Å². The zero-order valence-electron chi connectivity index (χ0n) is 20.6. The number of hydrogen-bond acceptors (Lipinski definition) is 5. The Hall–Kier alpha value is -3.84. The number of ether oxygens (including phenoxy) is 2. The van der Waals surface area contributed by atoms with Gasteiger partial charge >= 0.3 is 6.03 Å². The normalized spacial score (nSPS) is 18.2. The number of likely N-dealkylation sites (tertiary alicyclic amines) is 1. The van der Waals surface area contributed by atoms with Crippen LogP contribution in [0.25, 0.3) is 0 Å². The average molecular weight is 486 g/mol. The first-order chi connectivity index (χ1) is 17.5. The number of benzene rings is 3. The van der Waals surface area contributed by atoms with Gasteiger partial charge in [-0.15, -0.1) is 0 Å². The van der Waals surface area contributed by atoms with Crippen LogP contribution in [0.4, 0.5) is 4.79 Å². The third-order valence-corrected chi connectivity index (χ3v) is 7.27. The molecule has 1 N–H and O–H groups in total. The molecule has 186 valence electrons. The second-order valence-corrected chi connectivity index (χ2v) is 9.31. The monoisotopic (exact) mass is 485 g/mol. The molecule has 36 heavy (non-hydrogen) atoms. The lowest BCUT2D eigenvalue weighted by Crippen LogP contribution is -2.49. The van der Waals surface area contributed by atoms with Crippen LogP contribution >= 0.6 is 0 Å². The number of nitrogens with one attached hydrogen (secondary N) is 1. The molecular formula is C29H31N3O4. The molecule has 7 heteroatoms. The fourth-order valence-electron chi connectivity index (χ4n) is 5.30. The molecule has 2 fully saturated rings. The van der Waals surface area contributed by atoms with Crippen molar-refractivity contribution in [3.05, 3.63) is 95.6 Å². The van der Waals surface area contributed by atoms with Crippen LogP contribution in [-0.4, -0.2) is 55.1 Å². The van der Waals surface area contributed by atoms with Crippen LogP contribution in [0.2, 0.25) is 0 Å². The number of amides is 3. The molecule has 0 atom stereocenters. The predicted molar refractivity (Wildman–Crippen MR) is 137 cm³/mol. The smallest absolute Gasteiger partial charge is 0.325 e. The maximum absolute atomic E-state index is 14.2. The fraction of sp³-hybridized carbons (Fsp3) is 0.310. The number of piperidine rings is 1. The number of nitrogens with zero attached hydrogens (tertiary/aromatic N) is 2. The molecule has 2 saturated heterocycles. The maximum atomic E-state index is 14.2. The fourth-order valence-corrected chi connectivity index (χ4v) is 5.30. The highest BCUT2D eigenvalue weighted by Gasteiger charge is 2.55. The minimum Gasteiger partial charge on any atom is -0.497 e. The van der Waals surface area contributed by atoms with Crippen LogP contribution in [0.5, 0.6) is 11.5 Å². The quantitative estimate of drug-likeness (QED) is 0.509. The Morgan fingerprint density at radius 2 is 1.33 bits per heavy atom. The van der Waals surface area contributed by atoms with Crippen LogP contribution in [0.3, 0.4) is 0 Å².